The molecule has 0 aromatic carbocycles. The first-order valence-corrected chi connectivity index (χ1v) is 4.35. The number of hydrogen-bond donors (Lipinski definition) is 0. The fourth-order valence-corrected chi connectivity index (χ4v) is 0.763. The van der Waals surface area contributed by atoms with Crippen molar-refractivity contribution in [2.24, 2.45) is 0 Å². The molecule has 1 aliphatic heterocycles. The van der Waals surface area contributed by atoms with Crippen LogP contribution in [0.4, 0.5) is 0 Å². The van der Waals surface area contributed by atoms with Gasteiger partial charge in [0.2, 0.25) is 0 Å². The summed E-state index contributed by atoms with van der Waals surface area (Å²) in [4.78, 5) is 0. The van der Waals surface area contributed by atoms with Crippen LogP contribution in [0.25, 0.3) is 0 Å². The molecule has 0 aliphatic carbocycles. The van der Waals surface area contributed by atoms with E-state index < -0.39 is 10.1 Å². The molecule has 0 unspecified atom stereocenters. The number of hydrogen-bond acceptors (Lipinski definition) is 4. The third-order valence-corrected chi connectivity index (χ3v) is 1.43. The molecule has 1 fully saturated rings. The second kappa shape index (κ2) is 2.24. The molecule has 1 aliphatic rings. The highest BCUT2D eigenvalue weighted by molar-refractivity contribution is 7.85. The average Bonchev–Trinajstić information content (AvgIpc) is 2.38. The molecule has 4 nitrogen and oxygen atoms in total. The maximum Gasteiger partial charge on any atom is 0.264 e. The Morgan fingerprint density at radius 3 is 2.67 bits per heavy atom. The molecule has 0 bridgehead atoms. The van der Waals surface area contributed by atoms with Crippen molar-refractivity contribution in [3.63, 3.8) is 0 Å². The standard InChI is InChI=1S/C4H8O4S/c1-9(5,6)8-3-4-2-7-4/h4H,2-3H2,1H3/t4-/m0/s1. The summed E-state index contributed by atoms with van der Waals surface area (Å²) in [6.45, 7) is 0.786. The number of epoxide rings is 1. The van der Waals surface area contributed by atoms with Gasteiger partial charge in [0.15, 0.2) is 0 Å². The van der Waals surface area contributed by atoms with Crippen LogP contribution in [0.15, 0.2) is 0 Å². The topological polar surface area (TPSA) is 55.9 Å². The second-order valence-electron chi connectivity index (χ2n) is 1.94. The van der Waals surface area contributed by atoms with Gasteiger partial charge < -0.3 is 4.74 Å². The van der Waals surface area contributed by atoms with Crippen molar-refractivity contribution in [2.45, 2.75) is 6.10 Å². The summed E-state index contributed by atoms with van der Waals surface area (Å²) in [6.07, 6.45) is 1.04. The van der Waals surface area contributed by atoms with E-state index in [1.165, 1.54) is 0 Å². The molecule has 1 rings (SSSR count). The van der Waals surface area contributed by atoms with Crippen molar-refractivity contribution in [1.29, 1.82) is 0 Å². The van der Waals surface area contributed by atoms with Gasteiger partial charge in [-0.1, -0.05) is 0 Å². The molecule has 0 amide bonds. The fourth-order valence-electron chi connectivity index (χ4n) is 0.364. The van der Waals surface area contributed by atoms with Crippen molar-refractivity contribution in [3.05, 3.63) is 0 Å². The monoisotopic (exact) mass is 152 g/mol. The Morgan fingerprint density at radius 1 is 1.78 bits per heavy atom. The third-order valence-electron chi connectivity index (χ3n) is 0.870. The van der Waals surface area contributed by atoms with Gasteiger partial charge in [-0.3, -0.25) is 4.18 Å². The Kier molecular flexibility index (Phi) is 1.74. The Labute approximate surface area is 53.9 Å². The minimum Gasteiger partial charge on any atom is -0.371 e. The normalized spacial score (nSPS) is 26.1. The molecule has 5 heteroatoms. The summed E-state index contributed by atoms with van der Waals surface area (Å²) < 4.78 is 29.7. The molecule has 0 aromatic heterocycles. The van der Waals surface area contributed by atoms with Crippen molar-refractivity contribution in [1.82, 2.24) is 0 Å². The summed E-state index contributed by atoms with van der Waals surface area (Å²) in [5.74, 6) is 0. The maximum atomic E-state index is 10.3. The van der Waals surface area contributed by atoms with Gasteiger partial charge in [-0.2, -0.15) is 8.42 Å². The molecule has 1 saturated heterocycles. The fraction of sp³-hybridized carbons (Fsp3) is 1.00. The Hall–Kier alpha value is -0.130. The van der Waals surface area contributed by atoms with E-state index in [2.05, 4.69) is 4.18 Å². The zero-order chi connectivity index (χ0) is 6.91. The number of ether oxygens (including phenoxy) is 1. The van der Waals surface area contributed by atoms with Crippen LogP contribution >= 0.6 is 0 Å². The van der Waals surface area contributed by atoms with Gasteiger partial charge in [0, 0.05) is 0 Å². The smallest absolute Gasteiger partial charge is 0.264 e. The molecule has 0 N–H and O–H groups in total. The highest BCUT2D eigenvalue weighted by atomic mass is 32.2. The highest BCUT2D eigenvalue weighted by Crippen LogP contribution is 2.09. The van der Waals surface area contributed by atoms with Crippen molar-refractivity contribution in [2.75, 3.05) is 19.5 Å². The van der Waals surface area contributed by atoms with Gasteiger partial charge in [-0.15, -0.1) is 0 Å². The molecular weight excluding hydrogens is 144 g/mol. The van der Waals surface area contributed by atoms with E-state index in [4.69, 9.17) is 4.74 Å². The molecule has 1 atom stereocenters. The summed E-state index contributed by atoms with van der Waals surface area (Å²) in [5.41, 5.74) is 0. The van der Waals surface area contributed by atoms with Gasteiger partial charge in [0.05, 0.1) is 19.5 Å². The molecule has 54 valence electrons. The lowest BCUT2D eigenvalue weighted by atomic mass is 10.5. The Balaban J connectivity index is 2.18. The first-order valence-electron chi connectivity index (χ1n) is 2.54. The quantitative estimate of drug-likeness (QED) is 0.399. The lowest BCUT2D eigenvalue weighted by Gasteiger charge is -1.94. The number of rotatable bonds is 3. The Morgan fingerprint density at radius 2 is 2.33 bits per heavy atom. The minimum absolute atomic E-state index is 0.0136. The SMILES string of the molecule is CS(=O)(=O)OC[C@@H]1CO1. The predicted octanol–water partition coefficient (Wildman–Crippen LogP) is -0.639. The largest absolute Gasteiger partial charge is 0.371 e. The van der Waals surface area contributed by atoms with Gasteiger partial charge in [-0.25, -0.2) is 0 Å². The van der Waals surface area contributed by atoms with Crippen LogP contribution in [-0.4, -0.2) is 34.0 Å². The van der Waals surface area contributed by atoms with Gasteiger partial charge in [0.1, 0.15) is 6.10 Å². The predicted molar refractivity (Wildman–Crippen MR) is 30.5 cm³/mol. The van der Waals surface area contributed by atoms with Crippen molar-refractivity contribution in [3.8, 4) is 0 Å². The molecule has 9 heavy (non-hydrogen) atoms. The van der Waals surface area contributed by atoms with Crippen LogP contribution in [-0.2, 0) is 19.0 Å². The first-order chi connectivity index (χ1) is 4.08. The van der Waals surface area contributed by atoms with Gasteiger partial charge in [0.25, 0.3) is 10.1 Å². The van der Waals surface area contributed by atoms with Crippen LogP contribution in [0.3, 0.4) is 0 Å². The van der Waals surface area contributed by atoms with E-state index in [1.54, 1.807) is 0 Å². The summed E-state index contributed by atoms with van der Waals surface area (Å²) in [7, 11) is -3.26. The Bertz CT molecular complexity index is 179. The van der Waals surface area contributed by atoms with Crippen LogP contribution in [0, 0.1) is 0 Å². The van der Waals surface area contributed by atoms with E-state index in [0.29, 0.717) is 6.61 Å². The molecule has 0 radical (unpaired) electrons. The lowest BCUT2D eigenvalue weighted by Crippen LogP contribution is -2.07. The van der Waals surface area contributed by atoms with Crippen molar-refractivity contribution < 1.29 is 17.3 Å². The zero-order valence-corrected chi connectivity index (χ0v) is 5.85. The van der Waals surface area contributed by atoms with Crippen LogP contribution in [0.2, 0.25) is 0 Å². The minimum atomic E-state index is -3.26. The van der Waals surface area contributed by atoms with Crippen LogP contribution in [0.1, 0.15) is 0 Å². The van der Waals surface area contributed by atoms with E-state index in [-0.39, 0.29) is 12.7 Å². The van der Waals surface area contributed by atoms with E-state index in [9.17, 15) is 8.42 Å². The van der Waals surface area contributed by atoms with Crippen molar-refractivity contribution >= 4 is 10.1 Å². The van der Waals surface area contributed by atoms with Gasteiger partial charge >= 0.3 is 0 Å². The second-order valence-corrected chi connectivity index (χ2v) is 3.59. The van der Waals surface area contributed by atoms with E-state index in [0.717, 1.165) is 6.26 Å². The molecule has 0 spiro atoms. The maximum absolute atomic E-state index is 10.3. The lowest BCUT2D eigenvalue weighted by molar-refractivity contribution is 0.269. The summed E-state index contributed by atoms with van der Waals surface area (Å²) in [5, 5.41) is 0. The highest BCUT2D eigenvalue weighted by Gasteiger charge is 2.24. The van der Waals surface area contributed by atoms with Crippen LogP contribution < -0.4 is 0 Å². The molecule has 1 heterocycles. The van der Waals surface area contributed by atoms with Crippen LogP contribution in [0.5, 0.6) is 0 Å². The van der Waals surface area contributed by atoms with E-state index in [1.807, 2.05) is 0 Å². The molecule has 0 saturated carbocycles. The van der Waals surface area contributed by atoms with Gasteiger partial charge in [-0.05, 0) is 0 Å². The first kappa shape index (κ1) is 6.98. The molecule has 0 aromatic rings. The zero-order valence-electron chi connectivity index (χ0n) is 5.03. The third kappa shape index (κ3) is 3.45. The van der Waals surface area contributed by atoms with E-state index >= 15 is 0 Å². The summed E-state index contributed by atoms with van der Waals surface area (Å²) in [6, 6.07) is 0. The molecular formula is C4H8O4S. The average molecular weight is 152 g/mol. The summed E-state index contributed by atoms with van der Waals surface area (Å²) >= 11 is 0.